The Balaban J connectivity index is 2.27. The number of halogens is 1. The second-order valence-electron chi connectivity index (χ2n) is 11.7. The lowest BCUT2D eigenvalue weighted by Crippen LogP contribution is -2.41. The molecule has 3 aromatic rings. The first-order valence-electron chi connectivity index (χ1n) is 11.7. The number of ether oxygens (including phenoxy) is 2. The Kier molecular flexibility index (Phi) is 7.38. The van der Waals surface area contributed by atoms with Crippen molar-refractivity contribution in [1.82, 2.24) is 14.5 Å². The number of rotatable bonds is 2. The van der Waals surface area contributed by atoms with Crippen molar-refractivity contribution in [3.8, 4) is 11.3 Å². The van der Waals surface area contributed by atoms with E-state index < -0.39 is 28.9 Å². The minimum absolute atomic E-state index is 0.322. The van der Waals surface area contributed by atoms with E-state index in [-0.39, 0.29) is 5.91 Å². The lowest BCUT2D eigenvalue weighted by Gasteiger charge is -2.23. The molecule has 2 aromatic heterocycles. The molecule has 0 aliphatic carbocycles. The van der Waals surface area contributed by atoms with Crippen LogP contribution in [0.2, 0.25) is 0 Å². The van der Waals surface area contributed by atoms with E-state index in [1.807, 2.05) is 20.8 Å². The molecule has 3 rings (SSSR count). The van der Waals surface area contributed by atoms with Crippen LogP contribution in [0.3, 0.4) is 0 Å². The molecular weight excluding hydrogens is 573 g/mol. The number of aromatic nitrogens is 2. The Labute approximate surface area is 225 Å². The first kappa shape index (κ1) is 27.8. The monoisotopic (exact) mass is 607 g/mol. The Morgan fingerprint density at radius 2 is 1.31 bits per heavy atom. The summed E-state index contributed by atoms with van der Waals surface area (Å²) in [6.45, 7) is 16.5. The normalized spacial score (nSPS) is 12.5. The third kappa shape index (κ3) is 6.29. The van der Waals surface area contributed by atoms with E-state index >= 15 is 0 Å². The van der Waals surface area contributed by atoms with Gasteiger partial charge >= 0.3 is 12.2 Å². The average molecular weight is 607 g/mol. The van der Waals surface area contributed by atoms with E-state index in [2.05, 4.69) is 27.9 Å². The van der Waals surface area contributed by atoms with Crippen LogP contribution in [-0.2, 0) is 9.47 Å². The summed E-state index contributed by atoms with van der Waals surface area (Å²) in [7, 11) is 0. The molecule has 0 unspecified atom stereocenters. The van der Waals surface area contributed by atoms with Crippen LogP contribution in [0.15, 0.2) is 36.7 Å². The van der Waals surface area contributed by atoms with Gasteiger partial charge in [0.1, 0.15) is 11.2 Å². The highest BCUT2D eigenvalue weighted by molar-refractivity contribution is 14.1. The molecule has 0 atom stereocenters. The number of hydrogen-bond donors (Lipinski definition) is 1. The van der Waals surface area contributed by atoms with Gasteiger partial charge in [0, 0.05) is 32.5 Å². The summed E-state index contributed by atoms with van der Waals surface area (Å²) in [6, 6.07) is 7.01. The van der Waals surface area contributed by atoms with Crippen LogP contribution in [0, 0.1) is 3.57 Å². The van der Waals surface area contributed by atoms with E-state index in [9.17, 15) is 14.4 Å². The van der Waals surface area contributed by atoms with Crippen LogP contribution < -0.4 is 5.32 Å². The van der Waals surface area contributed by atoms with Crippen LogP contribution >= 0.6 is 22.6 Å². The van der Waals surface area contributed by atoms with Crippen molar-refractivity contribution in [3.63, 3.8) is 0 Å². The number of amides is 1. The maximum atomic E-state index is 13.7. The van der Waals surface area contributed by atoms with Crippen molar-refractivity contribution in [3.05, 3.63) is 45.8 Å². The number of nitrogens with zero attached hydrogens (tertiary/aromatic N) is 2. The van der Waals surface area contributed by atoms with Crippen molar-refractivity contribution in [2.24, 2.45) is 0 Å². The molecule has 0 saturated carbocycles. The van der Waals surface area contributed by atoms with Crippen molar-refractivity contribution in [2.45, 2.75) is 79.1 Å². The number of carbonyl (C=O) groups is 3. The van der Waals surface area contributed by atoms with Gasteiger partial charge in [0.2, 0.25) is 0 Å². The maximum Gasteiger partial charge on any atom is 0.419 e. The highest BCUT2D eigenvalue weighted by atomic mass is 127. The van der Waals surface area contributed by atoms with Crippen molar-refractivity contribution in [1.29, 1.82) is 0 Å². The molecule has 0 bridgehead atoms. The molecule has 1 aromatic carbocycles. The highest BCUT2D eigenvalue weighted by Gasteiger charge is 2.28. The molecule has 0 spiro atoms. The number of fused-ring (bicyclic) bond motifs is 1. The summed E-state index contributed by atoms with van der Waals surface area (Å²) in [5.41, 5.74) is 0.0888. The van der Waals surface area contributed by atoms with Gasteiger partial charge in [-0.05, 0) is 109 Å². The van der Waals surface area contributed by atoms with Gasteiger partial charge in [0.05, 0.1) is 16.8 Å². The molecule has 1 amide bonds. The number of hydrogen-bond acceptors (Lipinski definition) is 5. The largest absolute Gasteiger partial charge is 0.443 e. The quantitative estimate of drug-likeness (QED) is 0.324. The van der Waals surface area contributed by atoms with Crippen LogP contribution in [0.1, 0.15) is 72.7 Å². The molecule has 36 heavy (non-hydrogen) atoms. The number of benzene rings is 1. The fourth-order valence-corrected chi connectivity index (χ4v) is 4.37. The summed E-state index contributed by atoms with van der Waals surface area (Å²) < 4.78 is 14.7. The molecular formula is C27H34IN3O5. The van der Waals surface area contributed by atoms with Crippen LogP contribution in [0.5, 0.6) is 0 Å². The molecule has 0 aliphatic rings. The summed E-state index contributed by atoms with van der Waals surface area (Å²) in [5.74, 6) is -0.322. The molecule has 2 heterocycles. The Morgan fingerprint density at radius 1 is 0.778 bits per heavy atom. The summed E-state index contributed by atoms with van der Waals surface area (Å²) in [5, 5.41) is 3.58. The molecule has 0 fully saturated rings. The minimum atomic E-state index is -0.689. The van der Waals surface area contributed by atoms with E-state index in [0.717, 1.165) is 3.57 Å². The van der Waals surface area contributed by atoms with Crippen molar-refractivity contribution < 1.29 is 23.9 Å². The number of nitrogens with one attached hydrogen (secondary N) is 1. The van der Waals surface area contributed by atoms with Gasteiger partial charge in [-0.15, -0.1) is 0 Å². The average Bonchev–Trinajstić information content (AvgIpc) is 3.26. The van der Waals surface area contributed by atoms with Gasteiger partial charge in [-0.25, -0.2) is 9.59 Å². The van der Waals surface area contributed by atoms with Crippen LogP contribution in [0.25, 0.3) is 22.2 Å². The first-order valence-corrected chi connectivity index (χ1v) is 12.8. The summed E-state index contributed by atoms with van der Waals surface area (Å²) >= 11 is 2.14. The lowest BCUT2D eigenvalue weighted by atomic mass is 9.98. The molecule has 0 saturated heterocycles. The predicted octanol–water partition coefficient (Wildman–Crippen LogP) is 6.81. The van der Waals surface area contributed by atoms with Gasteiger partial charge in [0.25, 0.3) is 5.91 Å². The van der Waals surface area contributed by atoms with Crippen LogP contribution in [0.4, 0.5) is 9.59 Å². The second kappa shape index (κ2) is 9.57. The Morgan fingerprint density at radius 3 is 1.83 bits per heavy atom. The maximum absolute atomic E-state index is 13.7. The van der Waals surface area contributed by atoms with Gasteiger partial charge in [-0.2, -0.15) is 0 Å². The molecule has 0 radical (unpaired) electrons. The molecule has 9 heteroatoms. The zero-order chi connectivity index (χ0) is 27.2. The van der Waals surface area contributed by atoms with Gasteiger partial charge in [-0.3, -0.25) is 13.9 Å². The van der Waals surface area contributed by atoms with Crippen molar-refractivity contribution in [2.75, 3.05) is 0 Å². The zero-order valence-corrected chi connectivity index (χ0v) is 24.4. The molecule has 8 nitrogen and oxygen atoms in total. The van der Waals surface area contributed by atoms with Crippen molar-refractivity contribution >= 4 is 51.6 Å². The molecule has 194 valence electrons. The standard InChI is InChI=1S/C27H34IN3O5/c1-25(2,3)29-22(32)20-16-12-14-30(23(33)35-26(4,5)6)19(16)11-10-17(20)21-18(28)13-15-31(21)24(34)36-27(7,8)9/h10-15H,1-9H3,(H,29,32). The fourth-order valence-electron chi connectivity index (χ4n) is 3.66. The fraction of sp³-hybridized carbons (Fsp3) is 0.444. The molecule has 0 aliphatic heterocycles. The van der Waals surface area contributed by atoms with Gasteiger partial charge in [0.15, 0.2) is 0 Å². The van der Waals surface area contributed by atoms with E-state index in [1.165, 1.54) is 9.13 Å². The highest BCUT2D eigenvalue weighted by Crippen LogP contribution is 2.35. The summed E-state index contributed by atoms with van der Waals surface area (Å²) in [6.07, 6.45) is 2.13. The SMILES string of the molecule is CC(C)(C)NC(=O)c1c(-c2c(I)ccn2C(=O)OC(C)(C)C)ccc2c1ccn2C(=O)OC(C)(C)C. The van der Waals surface area contributed by atoms with Gasteiger partial charge < -0.3 is 14.8 Å². The summed E-state index contributed by atoms with van der Waals surface area (Å²) in [4.78, 5) is 39.6. The van der Waals surface area contributed by atoms with Gasteiger partial charge in [-0.1, -0.05) is 0 Å². The second-order valence-corrected chi connectivity index (χ2v) is 12.8. The lowest BCUT2D eigenvalue weighted by molar-refractivity contribution is 0.0531. The first-order chi connectivity index (χ1) is 16.4. The topological polar surface area (TPSA) is 91.6 Å². The van der Waals surface area contributed by atoms with Crippen LogP contribution in [-0.4, -0.2) is 44.0 Å². The molecule has 1 N–H and O–H groups in total. The smallest absolute Gasteiger partial charge is 0.419 e. The Bertz CT molecular complexity index is 1330. The number of carbonyl (C=O) groups excluding carboxylic acids is 3. The third-order valence-electron chi connectivity index (χ3n) is 4.86. The zero-order valence-electron chi connectivity index (χ0n) is 22.3. The Hall–Kier alpha value is -2.82. The van der Waals surface area contributed by atoms with E-state index in [4.69, 9.17) is 9.47 Å². The third-order valence-corrected chi connectivity index (χ3v) is 5.73. The van der Waals surface area contributed by atoms with E-state index in [1.54, 1.807) is 78.2 Å². The predicted molar refractivity (Wildman–Crippen MR) is 149 cm³/mol. The minimum Gasteiger partial charge on any atom is -0.443 e. The van der Waals surface area contributed by atoms with E-state index in [0.29, 0.717) is 27.7 Å².